The summed E-state index contributed by atoms with van der Waals surface area (Å²) in [6.07, 6.45) is 6.94. The number of rotatable bonds is 4. The van der Waals surface area contributed by atoms with Crippen molar-refractivity contribution in [3.05, 3.63) is 12.7 Å². The lowest BCUT2D eigenvalue weighted by Gasteiger charge is -2.37. The van der Waals surface area contributed by atoms with E-state index in [2.05, 4.69) is 11.5 Å². The van der Waals surface area contributed by atoms with Gasteiger partial charge in [-0.3, -0.25) is 9.69 Å². The Morgan fingerprint density at radius 3 is 2.47 bits per heavy atom. The summed E-state index contributed by atoms with van der Waals surface area (Å²) in [5, 5.41) is 8.80. The minimum atomic E-state index is -0.642. The molecule has 2 bridgehead atoms. The Labute approximate surface area is 90.8 Å². The third-order valence-electron chi connectivity index (χ3n) is 3.79. The van der Waals surface area contributed by atoms with Crippen LogP contribution in [0.1, 0.15) is 32.1 Å². The molecule has 0 aromatic rings. The third-order valence-corrected chi connectivity index (χ3v) is 3.79. The lowest BCUT2D eigenvalue weighted by Crippen LogP contribution is -2.43. The second-order valence-electron chi connectivity index (χ2n) is 4.81. The van der Waals surface area contributed by atoms with E-state index in [9.17, 15) is 4.79 Å². The molecule has 2 saturated heterocycles. The number of nitrogens with zero attached hydrogens (tertiary/aromatic N) is 1. The van der Waals surface area contributed by atoms with Gasteiger partial charge in [0.05, 0.1) is 0 Å². The van der Waals surface area contributed by atoms with Crippen molar-refractivity contribution in [1.29, 1.82) is 0 Å². The van der Waals surface area contributed by atoms with Gasteiger partial charge in [-0.25, -0.2) is 0 Å². The molecule has 0 aliphatic carbocycles. The van der Waals surface area contributed by atoms with Crippen LogP contribution in [-0.2, 0) is 4.79 Å². The summed E-state index contributed by atoms with van der Waals surface area (Å²) in [6, 6.07) is 1.23. The molecule has 0 spiro atoms. The first-order valence-electron chi connectivity index (χ1n) is 5.79. The zero-order chi connectivity index (χ0) is 10.8. The van der Waals surface area contributed by atoms with Gasteiger partial charge in [0.15, 0.2) is 0 Å². The molecular formula is C12H19NO2. The van der Waals surface area contributed by atoms with Gasteiger partial charge in [0.2, 0.25) is 0 Å². The van der Waals surface area contributed by atoms with Gasteiger partial charge < -0.3 is 5.11 Å². The van der Waals surface area contributed by atoms with Gasteiger partial charge in [-0.05, 0) is 31.6 Å². The molecule has 0 amide bonds. The maximum absolute atomic E-state index is 10.7. The van der Waals surface area contributed by atoms with E-state index in [0.717, 1.165) is 19.4 Å². The van der Waals surface area contributed by atoms with E-state index in [-0.39, 0.29) is 0 Å². The summed E-state index contributed by atoms with van der Waals surface area (Å²) >= 11 is 0. The highest BCUT2D eigenvalue weighted by molar-refractivity contribution is 5.67. The molecule has 3 heteroatoms. The van der Waals surface area contributed by atoms with E-state index < -0.39 is 5.97 Å². The second kappa shape index (κ2) is 4.35. The fraction of sp³-hybridized carbons (Fsp3) is 0.750. The van der Waals surface area contributed by atoms with Crippen molar-refractivity contribution in [2.45, 2.75) is 44.2 Å². The summed E-state index contributed by atoms with van der Waals surface area (Å²) in [6.45, 7) is 4.75. The van der Waals surface area contributed by atoms with Crippen LogP contribution in [0, 0.1) is 5.92 Å². The molecule has 0 aromatic carbocycles. The van der Waals surface area contributed by atoms with Crippen molar-refractivity contribution < 1.29 is 9.90 Å². The molecule has 0 saturated carbocycles. The maximum Gasteiger partial charge on any atom is 0.303 e. The van der Waals surface area contributed by atoms with Crippen LogP contribution >= 0.6 is 0 Å². The average molecular weight is 209 g/mol. The molecule has 15 heavy (non-hydrogen) atoms. The monoisotopic (exact) mass is 209 g/mol. The fourth-order valence-electron chi connectivity index (χ4n) is 3.25. The summed E-state index contributed by atoms with van der Waals surface area (Å²) < 4.78 is 0. The van der Waals surface area contributed by atoms with Crippen LogP contribution in [0.5, 0.6) is 0 Å². The minimum Gasteiger partial charge on any atom is -0.481 e. The Kier molecular flexibility index (Phi) is 3.10. The van der Waals surface area contributed by atoms with Gasteiger partial charge >= 0.3 is 5.97 Å². The van der Waals surface area contributed by atoms with Crippen molar-refractivity contribution in [1.82, 2.24) is 4.90 Å². The molecule has 2 rings (SSSR count). The van der Waals surface area contributed by atoms with E-state index in [1.54, 1.807) is 0 Å². The first-order valence-corrected chi connectivity index (χ1v) is 5.79. The third kappa shape index (κ3) is 2.23. The van der Waals surface area contributed by atoms with Gasteiger partial charge in [0.1, 0.15) is 0 Å². The number of aliphatic carboxylic acids is 1. The van der Waals surface area contributed by atoms with Crippen molar-refractivity contribution in [3.63, 3.8) is 0 Å². The van der Waals surface area contributed by atoms with Crippen molar-refractivity contribution in [3.8, 4) is 0 Å². The molecule has 2 fully saturated rings. The first-order chi connectivity index (χ1) is 7.20. The average Bonchev–Trinajstić information content (AvgIpc) is 2.43. The van der Waals surface area contributed by atoms with Crippen LogP contribution in [0.4, 0.5) is 0 Å². The first kappa shape index (κ1) is 10.7. The van der Waals surface area contributed by atoms with Crippen LogP contribution in [0.2, 0.25) is 0 Å². The van der Waals surface area contributed by atoms with E-state index in [1.807, 2.05) is 6.08 Å². The predicted molar refractivity (Wildman–Crippen MR) is 58.7 cm³/mol. The summed E-state index contributed by atoms with van der Waals surface area (Å²) in [5.41, 5.74) is 0. The van der Waals surface area contributed by atoms with Crippen LogP contribution < -0.4 is 0 Å². The van der Waals surface area contributed by atoms with Crippen LogP contribution in [0.25, 0.3) is 0 Å². The SMILES string of the molecule is C=CCN1C2CCC1CC(CC(=O)O)C2. The molecule has 0 radical (unpaired) electrons. The number of hydrogen-bond acceptors (Lipinski definition) is 2. The number of carbonyl (C=O) groups is 1. The molecule has 3 nitrogen and oxygen atoms in total. The lowest BCUT2D eigenvalue weighted by atomic mass is 9.88. The van der Waals surface area contributed by atoms with E-state index in [0.29, 0.717) is 24.4 Å². The van der Waals surface area contributed by atoms with Crippen molar-refractivity contribution in [2.75, 3.05) is 6.54 Å². The molecule has 84 valence electrons. The molecule has 2 aliphatic rings. The van der Waals surface area contributed by atoms with E-state index >= 15 is 0 Å². The highest BCUT2D eigenvalue weighted by Gasteiger charge is 2.40. The van der Waals surface area contributed by atoms with E-state index in [4.69, 9.17) is 5.11 Å². The lowest BCUT2D eigenvalue weighted by molar-refractivity contribution is -0.138. The summed E-state index contributed by atoms with van der Waals surface area (Å²) in [4.78, 5) is 13.2. The summed E-state index contributed by atoms with van der Waals surface area (Å²) in [7, 11) is 0. The van der Waals surface area contributed by atoms with Crippen molar-refractivity contribution in [2.24, 2.45) is 5.92 Å². The largest absolute Gasteiger partial charge is 0.481 e. The number of carboxylic acids is 1. The standard InChI is InChI=1S/C12H19NO2/c1-2-5-13-10-3-4-11(13)7-9(6-10)8-12(14)15/h2,9-11H,1,3-8H2,(H,14,15). The van der Waals surface area contributed by atoms with Gasteiger partial charge in [0, 0.05) is 25.0 Å². The molecule has 2 atom stereocenters. The zero-order valence-electron chi connectivity index (χ0n) is 9.06. The Balaban J connectivity index is 1.95. The predicted octanol–water partition coefficient (Wildman–Crippen LogP) is 1.89. The van der Waals surface area contributed by atoms with Gasteiger partial charge in [-0.15, -0.1) is 6.58 Å². The highest BCUT2D eigenvalue weighted by atomic mass is 16.4. The number of carboxylic acid groups (broad SMARTS) is 1. The van der Waals surface area contributed by atoms with Crippen molar-refractivity contribution >= 4 is 5.97 Å². The summed E-state index contributed by atoms with van der Waals surface area (Å²) in [5.74, 6) is -0.238. The fourth-order valence-corrected chi connectivity index (χ4v) is 3.25. The Morgan fingerprint density at radius 2 is 2.00 bits per heavy atom. The molecule has 2 aliphatic heterocycles. The quantitative estimate of drug-likeness (QED) is 0.719. The maximum atomic E-state index is 10.7. The topological polar surface area (TPSA) is 40.5 Å². The number of piperidine rings is 1. The van der Waals surface area contributed by atoms with Gasteiger partial charge in [0.25, 0.3) is 0 Å². The minimum absolute atomic E-state index is 0.356. The molecular weight excluding hydrogens is 190 g/mol. The smallest absolute Gasteiger partial charge is 0.303 e. The molecule has 1 N–H and O–H groups in total. The normalized spacial score (nSPS) is 35.3. The highest BCUT2D eigenvalue weighted by Crippen LogP contribution is 2.39. The van der Waals surface area contributed by atoms with Crippen LogP contribution in [0.15, 0.2) is 12.7 Å². The second-order valence-corrected chi connectivity index (χ2v) is 4.81. The van der Waals surface area contributed by atoms with Gasteiger partial charge in [-0.1, -0.05) is 6.08 Å². The Morgan fingerprint density at radius 1 is 1.40 bits per heavy atom. The van der Waals surface area contributed by atoms with Gasteiger partial charge in [-0.2, -0.15) is 0 Å². The van der Waals surface area contributed by atoms with Crippen LogP contribution in [0.3, 0.4) is 0 Å². The van der Waals surface area contributed by atoms with E-state index in [1.165, 1.54) is 12.8 Å². The molecule has 2 heterocycles. The Bertz CT molecular complexity index is 250. The Hall–Kier alpha value is -0.830. The number of fused-ring (bicyclic) bond motifs is 2. The molecule has 0 aromatic heterocycles. The van der Waals surface area contributed by atoms with Crippen LogP contribution in [-0.4, -0.2) is 34.6 Å². The zero-order valence-corrected chi connectivity index (χ0v) is 9.06. The number of hydrogen-bond donors (Lipinski definition) is 1. The molecule has 2 unspecified atom stereocenters.